The van der Waals surface area contributed by atoms with Gasteiger partial charge in [0.25, 0.3) is 0 Å². The van der Waals surface area contributed by atoms with Gasteiger partial charge in [-0.3, -0.25) is 0 Å². The number of allylic oxidation sites excluding steroid dienone is 5. The molecule has 0 saturated carbocycles. The van der Waals surface area contributed by atoms with Gasteiger partial charge in [0.2, 0.25) is 0 Å². The molecule has 27 heavy (non-hydrogen) atoms. The average molecular weight is 477 g/mol. The first-order chi connectivity index (χ1) is 11.8. The van der Waals surface area contributed by atoms with Gasteiger partial charge in [-0.15, -0.1) is 31.4 Å². The summed E-state index contributed by atoms with van der Waals surface area (Å²) in [6.07, 6.45) is 12.2. The fourth-order valence-corrected chi connectivity index (χ4v) is 4.60. The first-order valence-electron chi connectivity index (χ1n) is 8.91. The zero-order chi connectivity index (χ0) is 16.6. The smallest absolute Gasteiger partial charge is 0.0193 e. The number of fused-ring (bicyclic) bond motifs is 3. The van der Waals surface area contributed by atoms with Crippen molar-refractivity contribution in [3.05, 3.63) is 96.1 Å². The minimum Gasteiger partial charge on any atom is -0.147 e. The maximum Gasteiger partial charge on any atom is 0.0193 e. The Morgan fingerprint density at radius 1 is 1.00 bits per heavy atom. The number of hydrogen-bond donors (Lipinski definition) is 0. The maximum absolute atomic E-state index is 3.97. The third-order valence-corrected chi connectivity index (χ3v) is 5.84. The third kappa shape index (κ3) is 4.12. The molecule has 0 saturated heterocycles. The zero-order valence-corrected chi connectivity index (χ0v) is 19.7. The van der Waals surface area contributed by atoms with Crippen molar-refractivity contribution in [1.29, 1.82) is 0 Å². The van der Waals surface area contributed by atoms with Crippen LogP contribution in [0.3, 0.4) is 0 Å². The van der Waals surface area contributed by atoms with Gasteiger partial charge in [0.1, 0.15) is 0 Å². The van der Waals surface area contributed by atoms with Crippen LogP contribution in [0.25, 0.3) is 11.1 Å². The summed E-state index contributed by atoms with van der Waals surface area (Å²) in [5.74, 6) is 0.427. The molecule has 1 unspecified atom stereocenters. The van der Waals surface area contributed by atoms with E-state index in [1.165, 1.54) is 22.3 Å². The van der Waals surface area contributed by atoms with Crippen molar-refractivity contribution in [3.8, 4) is 11.1 Å². The molecule has 0 N–H and O–H groups in total. The van der Waals surface area contributed by atoms with Crippen LogP contribution in [-0.4, -0.2) is 0 Å². The van der Waals surface area contributed by atoms with Crippen LogP contribution in [0.2, 0.25) is 0 Å². The maximum atomic E-state index is 3.97. The fourth-order valence-electron chi connectivity index (χ4n) is 4.60. The van der Waals surface area contributed by atoms with E-state index in [1.807, 2.05) is 0 Å². The van der Waals surface area contributed by atoms with Crippen molar-refractivity contribution in [3.63, 3.8) is 0 Å². The van der Waals surface area contributed by atoms with Crippen LogP contribution in [0.4, 0.5) is 0 Å². The van der Waals surface area contributed by atoms with E-state index in [-0.39, 0.29) is 56.4 Å². The van der Waals surface area contributed by atoms with Crippen LogP contribution < -0.4 is 0 Å². The van der Waals surface area contributed by atoms with Crippen LogP contribution >= 0.6 is 24.8 Å². The molecule has 0 heterocycles. The van der Waals surface area contributed by atoms with Gasteiger partial charge in [0, 0.05) is 37.5 Å². The van der Waals surface area contributed by atoms with Crippen molar-refractivity contribution in [1.82, 2.24) is 0 Å². The molecule has 0 fully saturated rings. The Morgan fingerprint density at radius 3 is 2.04 bits per heavy atom. The molecular weight excluding hydrogens is 450 g/mol. The molecular formula is C24H26Cl2Zr. The molecule has 2 aliphatic carbocycles. The summed E-state index contributed by atoms with van der Waals surface area (Å²) < 4.78 is 0. The van der Waals surface area contributed by atoms with Gasteiger partial charge in [-0.05, 0) is 41.5 Å². The molecule has 140 valence electrons. The molecule has 3 heteroatoms. The Bertz CT molecular complexity index is 807. The summed E-state index contributed by atoms with van der Waals surface area (Å²) >= 11 is 0. The monoisotopic (exact) mass is 474 g/mol. The second-order valence-electron chi connectivity index (χ2n) is 7.18. The predicted octanol–water partition coefficient (Wildman–Crippen LogP) is 7.50. The van der Waals surface area contributed by atoms with Crippen molar-refractivity contribution in [2.45, 2.75) is 32.1 Å². The molecule has 2 aliphatic rings. The van der Waals surface area contributed by atoms with E-state index in [4.69, 9.17) is 0 Å². The van der Waals surface area contributed by atoms with Gasteiger partial charge >= 0.3 is 0 Å². The largest absolute Gasteiger partial charge is 0.147 e. The van der Waals surface area contributed by atoms with Crippen LogP contribution in [-0.2, 0) is 26.2 Å². The van der Waals surface area contributed by atoms with Crippen LogP contribution in [0, 0.1) is 5.41 Å². The fraction of sp³-hybridized carbons (Fsp3) is 0.250. The standard InChI is InChI=1S/C24H24.2ClH.Zr/c1-3-4-17-24(2,18-11-5-6-12-18)23-21-15-9-7-13-19(21)20-14-8-10-16-22(20)23;;;/h3,5-11,13-16,23H,1,4,12,17H2,2H3;2*1H;. The summed E-state index contributed by atoms with van der Waals surface area (Å²) in [4.78, 5) is 0. The van der Waals surface area contributed by atoms with Crippen molar-refractivity contribution in [2.24, 2.45) is 5.41 Å². The Balaban J connectivity index is 0.00000121. The second-order valence-corrected chi connectivity index (χ2v) is 7.18. The second kappa shape index (κ2) is 10.1. The van der Waals surface area contributed by atoms with Gasteiger partial charge in [-0.2, -0.15) is 0 Å². The van der Waals surface area contributed by atoms with Gasteiger partial charge in [-0.1, -0.05) is 85.3 Å². The SMILES string of the molecule is C=CCCC(C)(C1=CC=CC1)C1c2ccccc2-c2ccccc21.Cl.Cl.[Zr]. The van der Waals surface area contributed by atoms with Gasteiger partial charge in [-0.25, -0.2) is 0 Å². The van der Waals surface area contributed by atoms with Gasteiger partial charge in [0.05, 0.1) is 0 Å². The normalized spacial score (nSPS) is 16.0. The zero-order valence-electron chi connectivity index (χ0n) is 15.7. The van der Waals surface area contributed by atoms with Crippen molar-refractivity contribution >= 4 is 24.8 Å². The summed E-state index contributed by atoms with van der Waals surface area (Å²) in [5, 5.41) is 0. The number of rotatable bonds is 5. The van der Waals surface area contributed by atoms with E-state index in [2.05, 4.69) is 86.3 Å². The predicted molar refractivity (Wildman–Crippen MR) is 118 cm³/mol. The topological polar surface area (TPSA) is 0 Å². The summed E-state index contributed by atoms with van der Waals surface area (Å²) in [6.45, 7) is 6.43. The minimum atomic E-state index is 0. The summed E-state index contributed by atoms with van der Waals surface area (Å²) in [6, 6.07) is 17.9. The van der Waals surface area contributed by atoms with Crippen LogP contribution in [0.15, 0.2) is 85.0 Å². The minimum absolute atomic E-state index is 0. The van der Waals surface area contributed by atoms with Crippen molar-refractivity contribution < 1.29 is 26.2 Å². The molecule has 0 spiro atoms. The Labute approximate surface area is 194 Å². The average Bonchev–Trinajstić information content (AvgIpc) is 3.26. The molecule has 2 aromatic rings. The molecule has 0 radical (unpaired) electrons. The Kier molecular flexibility index (Phi) is 9.00. The third-order valence-electron chi connectivity index (χ3n) is 5.84. The first-order valence-corrected chi connectivity index (χ1v) is 8.91. The Morgan fingerprint density at radius 2 is 1.56 bits per heavy atom. The summed E-state index contributed by atoms with van der Waals surface area (Å²) in [7, 11) is 0. The molecule has 0 nitrogen and oxygen atoms in total. The van der Waals surface area contributed by atoms with Gasteiger partial charge in [0.15, 0.2) is 0 Å². The quantitative estimate of drug-likeness (QED) is 0.392. The van der Waals surface area contributed by atoms with E-state index in [9.17, 15) is 0 Å². The first kappa shape index (κ1) is 24.2. The van der Waals surface area contributed by atoms with Crippen LogP contribution in [0.1, 0.15) is 43.2 Å². The molecule has 0 aliphatic heterocycles. The molecule has 2 aromatic carbocycles. The summed E-state index contributed by atoms with van der Waals surface area (Å²) in [5.41, 5.74) is 7.47. The van der Waals surface area contributed by atoms with Gasteiger partial charge < -0.3 is 0 Å². The molecule has 1 atom stereocenters. The van der Waals surface area contributed by atoms with E-state index >= 15 is 0 Å². The number of benzene rings is 2. The Hall–Kier alpha value is -0.877. The number of hydrogen-bond acceptors (Lipinski definition) is 0. The van der Waals surface area contributed by atoms with Crippen LogP contribution in [0.5, 0.6) is 0 Å². The molecule has 0 amide bonds. The van der Waals surface area contributed by atoms with E-state index < -0.39 is 0 Å². The molecule has 4 rings (SSSR count). The molecule has 0 aromatic heterocycles. The molecule has 0 bridgehead atoms. The van der Waals surface area contributed by atoms with Crippen molar-refractivity contribution in [2.75, 3.05) is 0 Å². The van der Waals surface area contributed by atoms with E-state index in [0.29, 0.717) is 5.92 Å². The van der Waals surface area contributed by atoms with E-state index in [0.717, 1.165) is 19.3 Å². The number of halogens is 2. The van der Waals surface area contributed by atoms with E-state index in [1.54, 1.807) is 5.57 Å².